The number of nitrogens with zero attached hydrogens (tertiary/aromatic N) is 3. The molecule has 2 rings (SSSR count). The van der Waals surface area contributed by atoms with Crippen molar-refractivity contribution >= 4 is 29.9 Å². The lowest BCUT2D eigenvalue weighted by atomic mass is 9.92. The first-order valence-corrected chi connectivity index (χ1v) is 10.4. The molecule has 2 fully saturated rings. The standard InChI is InChI=1S/C20H40N4O.HI/c1-5-21-20(23(4)15-19-8-11-25-16-19)22-9-6-7-10-24-13-17(2)12-18(3)14-24;/h17-19H,5-16H2,1-4H3,(H,21,22);1H. The second-order valence-corrected chi connectivity index (χ2v) is 8.26. The fourth-order valence-corrected chi connectivity index (χ4v) is 4.28. The molecule has 5 nitrogen and oxygen atoms in total. The van der Waals surface area contributed by atoms with Gasteiger partial charge in [0, 0.05) is 52.3 Å². The monoisotopic (exact) mass is 480 g/mol. The van der Waals surface area contributed by atoms with Crippen LogP contribution in [0.15, 0.2) is 4.99 Å². The summed E-state index contributed by atoms with van der Waals surface area (Å²) >= 11 is 0. The van der Waals surface area contributed by atoms with E-state index in [1.54, 1.807) is 0 Å². The Labute approximate surface area is 178 Å². The summed E-state index contributed by atoms with van der Waals surface area (Å²) in [5.41, 5.74) is 0. The Bertz CT molecular complexity index is 391. The average molecular weight is 480 g/mol. The van der Waals surface area contributed by atoms with E-state index in [4.69, 9.17) is 9.73 Å². The molecule has 2 aliphatic rings. The lowest BCUT2D eigenvalue weighted by Crippen LogP contribution is -2.41. The third-order valence-corrected chi connectivity index (χ3v) is 5.34. The highest BCUT2D eigenvalue weighted by Gasteiger charge is 2.21. The van der Waals surface area contributed by atoms with Crippen LogP contribution in [0.1, 0.15) is 46.5 Å². The zero-order valence-corrected chi connectivity index (χ0v) is 19.7. The molecule has 3 atom stereocenters. The van der Waals surface area contributed by atoms with E-state index >= 15 is 0 Å². The topological polar surface area (TPSA) is 40.1 Å². The van der Waals surface area contributed by atoms with E-state index < -0.39 is 0 Å². The van der Waals surface area contributed by atoms with Crippen LogP contribution in [-0.2, 0) is 4.74 Å². The van der Waals surface area contributed by atoms with Crippen molar-refractivity contribution in [1.29, 1.82) is 0 Å². The molecule has 2 aliphatic heterocycles. The first-order chi connectivity index (χ1) is 12.1. The second-order valence-electron chi connectivity index (χ2n) is 8.26. The predicted octanol–water partition coefficient (Wildman–Crippen LogP) is 3.30. The number of likely N-dealkylation sites (tertiary alicyclic amines) is 1. The summed E-state index contributed by atoms with van der Waals surface area (Å²) in [5, 5.41) is 3.43. The summed E-state index contributed by atoms with van der Waals surface area (Å²) in [6.07, 6.45) is 5.00. The second kappa shape index (κ2) is 13.2. The van der Waals surface area contributed by atoms with Crippen molar-refractivity contribution in [2.24, 2.45) is 22.7 Å². The number of halogens is 1. The maximum Gasteiger partial charge on any atom is 0.193 e. The molecule has 0 radical (unpaired) electrons. The molecule has 0 saturated carbocycles. The number of ether oxygens (including phenoxy) is 1. The number of aliphatic imine (C=N–C) groups is 1. The van der Waals surface area contributed by atoms with Crippen LogP contribution in [0.3, 0.4) is 0 Å². The molecule has 0 amide bonds. The van der Waals surface area contributed by atoms with Crippen LogP contribution in [0.4, 0.5) is 0 Å². The third-order valence-electron chi connectivity index (χ3n) is 5.34. The van der Waals surface area contributed by atoms with Gasteiger partial charge in [-0.15, -0.1) is 24.0 Å². The van der Waals surface area contributed by atoms with E-state index in [9.17, 15) is 0 Å². The zero-order valence-electron chi connectivity index (χ0n) is 17.4. The van der Waals surface area contributed by atoms with E-state index in [0.29, 0.717) is 5.92 Å². The van der Waals surface area contributed by atoms with Crippen LogP contribution < -0.4 is 5.32 Å². The van der Waals surface area contributed by atoms with Crippen molar-refractivity contribution in [3.8, 4) is 0 Å². The van der Waals surface area contributed by atoms with E-state index in [2.05, 4.69) is 42.9 Å². The lowest BCUT2D eigenvalue weighted by molar-refractivity contribution is 0.139. The highest BCUT2D eigenvalue weighted by Crippen LogP contribution is 2.21. The Balaban J connectivity index is 0.00000338. The Hall–Kier alpha value is -0.0800. The number of nitrogens with one attached hydrogen (secondary N) is 1. The van der Waals surface area contributed by atoms with E-state index in [1.165, 1.54) is 45.3 Å². The number of unbranched alkanes of at least 4 members (excludes halogenated alkanes) is 1. The highest BCUT2D eigenvalue weighted by molar-refractivity contribution is 14.0. The summed E-state index contributed by atoms with van der Waals surface area (Å²) < 4.78 is 5.49. The number of piperidine rings is 1. The van der Waals surface area contributed by atoms with Gasteiger partial charge in [-0.1, -0.05) is 13.8 Å². The molecular weight excluding hydrogens is 439 g/mol. The van der Waals surface area contributed by atoms with Crippen LogP contribution in [0.5, 0.6) is 0 Å². The van der Waals surface area contributed by atoms with Crippen LogP contribution in [0.25, 0.3) is 0 Å². The quantitative estimate of drug-likeness (QED) is 0.251. The van der Waals surface area contributed by atoms with Gasteiger partial charge in [0.2, 0.25) is 0 Å². The Morgan fingerprint density at radius 3 is 2.58 bits per heavy atom. The highest BCUT2D eigenvalue weighted by atomic mass is 127. The fourth-order valence-electron chi connectivity index (χ4n) is 4.28. The SMILES string of the molecule is CCNC(=NCCCCN1CC(C)CC(C)C1)N(C)CC1CCOC1.I. The molecular formula is C20H41IN4O. The number of guanidine groups is 1. The number of rotatable bonds is 8. The van der Waals surface area contributed by atoms with Gasteiger partial charge in [0.1, 0.15) is 0 Å². The van der Waals surface area contributed by atoms with Crippen LogP contribution in [0.2, 0.25) is 0 Å². The van der Waals surface area contributed by atoms with Gasteiger partial charge in [0.25, 0.3) is 0 Å². The fraction of sp³-hybridized carbons (Fsp3) is 0.950. The Morgan fingerprint density at radius 2 is 1.96 bits per heavy atom. The van der Waals surface area contributed by atoms with Gasteiger partial charge in [0.15, 0.2) is 5.96 Å². The molecule has 1 N–H and O–H groups in total. The van der Waals surface area contributed by atoms with E-state index in [-0.39, 0.29) is 24.0 Å². The summed E-state index contributed by atoms with van der Waals surface area (Å²) in [6.45, 7) is 15.4. The minimum atomic E-state index is 0. The average Bonchev–Trinajstić information content (AvgIpc) is 3.05. The molecule has 6 heteroatoms. The van der Waals surface area contributed by atoms with Crippen LogP contribution in [-0.4, -0.2) is 75.3 Å². The predicted molar refractivity (Wildman–Crippen MR) is 122 cm³/mol. The lowest BCUT2D eigenvalue weighted by Gasteiger charge is -2.34. The minimum absolute atomic E-state index is 0. The summed E-state index contributed by atoms with van der Waals surface area (Å²) in [6, 6.07) is 0. The molecule has 3 unspecified atom stereocenters. The van der Waals surface area contributed by atoms with Crippen LogP contribution >= 0.6 is 24.0 Å². The first kappa shape index (κ1) is 24.0. The van der Waals surface area contributed by atoms with Crippen molar-refractivity contribution in [3.05, 3.63) is 0 Å². The van der Waals surface area contributed by atoms with Crippen molar-refractivity contribution in [2.75, 3.05) is 59.5 Å². The number of hydrogen-bond acceptors (Lipinski definition) is 3. The molecule has 0 aromatic rings. The Kier molecular flexibility index (Phi) is 12.1. The van der Waals surface area contributed by atoms with Crippen molar-refractivity contribution in [3.63, 3.8) is 0 Å². The molecule has 0 spiro atoms. The molecule has 154 valence electrons. The van der Waals surface area contributed by atoms with Gasteiger partial charge in [-0.3, -0.25) is 4.99 Å². The van der Waals surface area contributed by atoms with Gasteiger partial charge in [0.05, 0.1) is 6.61 Å². The zero-order chi connectivity index (χ0) is 18.1. The molecule has 0 aromatic carbocycles. The van der Waals surface area contributed by atoms with Gasteiger partial charge in [-0.25, -0.2) is 0 Å². The molecule has 2 heterocycles. The summed E-state index contributed by atoms with van der Waals surface area (Å²) in [7, 11) is 2.15. The maximum atomic E-state index is 5.49. The van der Waals surface area contributed by atoms with Gasteiger partial charge >= 0.3 is 0 Å². The molecule has 0 aliphatic carbocycles. The smallest absolute Gasteiger partial charge is 0.193 e. The minimum Gasteiger partial charge on any atom is -0.381 e. The number of hydrogen-bond donors (Lipinski definition) is 1. The normalized spacial score (nSPS) is 27.2. The van der Waals surface area contributed by atoms with Gasteiger partial charge in [-0.05, 0) is 51.0 Å². The van der Waals surface area contributed by atoms with E-state index in [0.717, 1.165) is 50.6 Å². The molecule has 0 aromatic heterocycles. The third kappa shape index (κ3) is 8.74. The van der Waals surface area contributed by atoms with Crippen molar-refractivity contribution in [2.45, 2.75) is 46.5 Å². The van der Waals surface area contributed by atoms with E-state index in [1.807, 2.05) is 0 Å². The first-order valence-electron chi connectivity index (χ1n) is 10.4. The molecule has 0 bridgehead atoms. The van der Waals surface area contributed by atoms with Gasteiger partial charge in [-0.2, -0.15) is 0 Å². The molecule has 26 heavy (non-hydrogen) atoms. The maximum absolute atomic E-state index is 5.49. The van der Waals surface area contributed by atoms with Crippen molar-refractivity contribution < 1.29 is 4.74 Å². The summed E-state index contributed by atoms with van der Waals surface area (Å²) in [4.78, 5) is 9.77. The van der Waals surface area contributed by atoms with Crippen molar-refractivity contribution in [1.82, 2.24) is 15.1 Å². The largest absolute Gasteiger partial charge is 0.381 e. The Morgan fingerprint density at radius 1 is 1.23 bits per heavy atom. The molecule has 2 saturated heterocycles. The van der Waals surface area contributed by atoms with Gasteiger partial charge < -0.3 is 19.9 Å². The summed E-state index contributed by atoms with van der Waals surface area (Å²) in [5.74, 6) is 3.41. The van der Waals surface area contributed by atoms with Crippen LogP contribution in [0, 0.1) is 17.8 Å².